The maximum atomic E-state index is 11.2. The molecule has 106 valence electrons. The van der Waals surface area contributed by atoms with Crippen molar-refractivity contribution < 1.29 is 4.79 Å². The standard InChI is InChI=1S/C15H25N3O/c1-2-3-4-5-6-7-10-18-12-8-9-14(16)13(11-12)15(17)19/h8-9,11,18H,2-7,10,16H2,1H3,(H2,17,19). The van der Waals surface area contributed by atoms with Crippen LogP contribution in [0, 0.1) is 0 Å². The minimum absolute atomic E-state index is 0.382. The van der Waals surface area contributed by atoms with Crippen LogP contribution in [-0.2, 0) is 0 Å². The van der Waals surface area contributed by atoms with Gasteiger partial charge in [0.15, 0.2) is 0 Å². The topological polar surface area (TPSA) is 81.1 Å². The van der Waals surface area contributed by atoms with E-state index in [9.17, 15) is 4.79 Å². The van der Waals surface area contributed by atoms with Crippen molar-refractivity contribution in [2.45, 2.75) is 45.4 Å². The van der Waals surface area contributed by atoms with E-state index in [1.165, 1.54) is 32.1 Å². The molecule has 0 radical (unpaired) electrons. The van der Waals surface area contributed by atoms with Crippen LogP contribution < -0.4 is 16.8 Å². The van der Waals surface area contributed by atoms with Gasteiger partial charge in [-0.15, -0.1) is 0 Å². The van der Waals surface area contributed by atoms with E-state index < -0.39 is 5.91 Å². The van der Waals surface area contributed by atoms with Crippen LogP contribution >= 0.6 is 0 Å². The van der Waals surface area contributed by atoms with Crippen LogP contribution in [0.3, 0.4) is 0 Å². The highest BCUT2D eigenvalue weighted by molar-refractivity contribution is 5.98. The van der Waals surface area contributed by atoms with Gasteiger partial charge in [0, 0.05) is 17.9 Å². The first kappa shape index (κ1) is 15.3. The molecule has 0 spiro atoms. The number of primary amides is 1. The minimum Gasteiger partial charge on any atom is -0.398 e. The smallest absolute Gasteiger partial charge is 0.250 e. The molecule has 0 saturated heterocycles. The summed E-state index contributed by atoms with van der Waals surface area (Å²) in [7, 11) is 0. The summed E-state index contributed by atoms with van der Waals surface area (Å²) in [6.07, 6.45) is 7.60. The van der Waals surface area contributed by atoms with Crippen LogP contribution in [0.2, 0.25) is 0 Å². The fourth-order valence-corrected chi connectivity index (χ4v) is 2.02. The molecular formula is C15H25N3O. The Morgan fingerprint density at radius 1 is 1.16 bits per heavy atom. The van der Waals surface area contributed by atoms with Gasteiger partial charge >= 0.3 is 0 Å². The summed E-state index contributed by atoms with van der Waals surface area (Å²) >= 11 is 0. The Kier molecular flexibility index (Phi) is 6.79. The number of nitrogens with two attached hydrogens (primary N) is 2. The summed E-state index contributed by atoms with van der Waals surface area (Å²) in [6.45, 7) is 3.13. The molecule has 19 heavy (non-hydrogen) atoms. The molecule has 0 aliphatic rings. The van der Waals surface area contributed by atoms with Gasteiger partial charge < -0.3 is 16.8 Å². The number of rotatable bonds is 9. The van der Waals surface area contributed by atoms with Crippen molar-refractivity contribution in [1.29, 1.82) is 0 Å². The largest absolute Gasteiger partial charge is 0.398 e. The van der Waals surface area contributed by atoms with Crippen LogP contribution in [0.25, 0.3) is 0 Å². The molecule has 0 aromatic heterocycles. The zero-order chi connectivity index (χ0) is 14.1. The summed E-state index contributed by atoms with van der Waals surface area (Å²) in [4.78, 5) is 11.2. The predicted molar refractivity (Wildman–Crippen MR) is 81.2 cm³/mol. The number of unbranched alkanes of at least 4 members (excludes halogenated alkanes) is 5. The number of amides is 1. The molecule has 4 heteroatoms. The summed E-state index contributed by atoms with van der Waals surface area (Å²) in [6, 6.07) is 5.30. The van der Waals surface area contributed by atoms with E-state index >= 15 is 0 Å². The molecule has 4 nitrogen and oxygen atoms in total. The number of carbonyl (C=O) groups excluding carboxylic acids is 1. The number of carbonyl (C=O) groups is 1. The second-order valence-corrected chi connectivity index (χ2v) is 4.86. The van der Waals surface area contributed by atoms with E-state index in [1.807, 2.05) is 6.07 Å². The maximum absolute atomic E-state index is 11.2. The second kappa shape index (κ2) is 8.40. The van der Waals surface area contributed by atoms with E-state index in [0.29, 0.717) is 11.3 Å². The molecule has 1 aromatic carbocycles. The molecule has 0 saturated carbocycles. The number of hydrogen-bond acceptors (Lipinski definition) is 3. The van der Waals surface area contributed by atoms with Crippen molar-refractivity contribution in [1.82, 2.24) is 0 Å². The molecule has 0 aliphatic heterocycles. The molecule has 0 unspecified atom stereocenters. The summed E-state index contributed by atoms with van der Waals surface area (Å²) in [5.41, 5.74) is 12.7. The summed E-state index contributed by atoms with van der Waals surface area (Å²) < 4.78 is 0. The number of anilines is 2. The molecule has 1 aromatic rings. The van der Waals surface area contributed by atoms with Gasteiger partial charge in [-0.1, -0.05) is 39.0 Å². The third-order valence-electron chi connectivity index (χ3n) is 3.18. The lowest BCUT2D eigenvalue weighted by molar-refractivity contribution is 0.100. The molecule has 0 bridgehead atoms. The van der Waals surface area contributed by atoms with Crippen LogP contribution in [0.5, 0.6) is 0 Å². The molecule has 5 N–H and O–H groups in total. The molecule has 0 fully saturated rings. The quantitative estimate of drug-likeness (QED) is 0.473. The number of nitrogens with one attached hydrogen (secondary N) is 1. The van der Waals surface area contributed by atoms with Crippen molar-refractivity contribution in [2.24, 2.45) is 5.73 Å². The molecule has 0 heterocycles. The van der Waals surface area contributed by atoms with Gasteiger partial charge in [0.2, 0.25) is 0 Å². The maximum Gasteiger partial charge on any atom is 0.250 e. The minimum atomic E-state index is -0.485. The van der Waals surface area contributed by atoms with Crippen LogP contribution in [0.1, 0.15) is 55.8 Å². The first-order valence-corrected chi connectivity index (χ1v) is 7.08. The Balaban J connectivity index is 2.30. The van der Waals surface area contributed by atoms with Gasteiger partial charge in [-0.05, 0) is 24.6 Å². The Morgan fingerprint density at radius 3 is 2.53 bits per heavy atom. The first-order valence-electron chi connectivity index (χ1n) is 7.08. The Bertz CT molecular complexity index is 404. The zero-order valence-electron chi connectivity index (χ0n) is 11.7. The highest BCUT2D eigenvalue weighted by Gasteiger charge is 2.06. The zero-order valence-corrected chi connectivity index (χ0v) is 11.7. The third kappa shape index (κ3) is 5.64. The second-order valence-electron chi connectivity index (χ2n) is 4.86. The average molecular weight is 263 g/mol. The van der Waals surface area contributed by atoms with Gasteiger partial charge in [0.1, 0.15) is 0 Å². The molecular weight excluding hydrogens is 238 g/mol. The highest BCUT2D eigenvalue weighted by Crippen LogP contribution is 2.17. The van der Waals surface area contributed by atoms with Gasteiger partial charge in [-0.25, -0.2) is 0 Å². The Labute approximate surface area is 115 Å². The van der Waals surface area contributed by atoms with Gasteiger partial charge in [-0.3, -0.25) is 4.79 Å². The summed E-state index contributed by atoms with van der Waals surface area (Å²) in [5.74, 6) is -0.485. The van der Waals surface area contributed by atoms with Gasteiger partial charge in [-0.2, -0.15) is 0 Å². The van der Waals surface area contributed by atoms with Gasteiger partial charge in [0.25, 0.3) is 5.91 Å². The van der Waals surface area contributed by atoms with E-state index in [-0.39, 0.29) is 0 Å². The summed E-state index contributed by atoms with van der Waals surface area (Å²) in [5, 5.41) is 3.29. The SMILES string of the molecule is CCCCCCCCNc1ccc(N)c(C(N)=O)c1. The molecule has 1 amide bonds. The number of nitrogen functional groups attached to an aromatic ring is 1. The Morgan fingerprint density at radius 2 is 1.84 bits per heavy atom. The third-order valence-corrected chi connectivity index (χ3v) is 3.18. The van der Waals surface area contributed by atoms with Crippen molar-refractivity contribution in [3.8, 4) is 0 Å². The first-order chi connectivity index (χ1) is 9.15. The van der Waals surface area contributed by atoms with Crippen molar-refractivity contribution in [3.63, 3.8) is 0 Å². The van der Waals surface area contributed by atoms with Crippen LogP contribution in [-0.4, -0.2) is 12.5 Å². The van der Waals surface area contributed by atoms with E-state index in [0.717, 1.165) is 18.7 Å². The lowest BCUT2D eigenvalue weighted by Crippen LogP contribution is -2.14. The average Bonchev–Trinajstić information content (AvgIpc) is 2.39. The highest BCUT2D eigenvalue weighted by atomic mass is 16.1. The lowest BCUT2D eigenvalue weighted by Gasteiger charge is -2.09. The number of hydrogen-bond donors (Lipinski definition) is 3. The van der Waals surface area contributed by atoms with Crippen molar-refractivity contribution in [3.05, 3.63) is 23.8 Å². The fourth-order valence-electron chi connectivity index (χ4n) is 2.02. The normalized spacial score (nSPS) is 10.4. The molecule has 1 rings (SSSR count). The van der Waals surface area contributed by atoms with Crippen molar-refractivity contribution in [2.75, 3.05) is 17.6 Å². The molecule has 0 aliphatic carbocycles. The van der Waals surface area contributed by atoms with E-state index in [2.05, 4.69) is 12.2 Å². The Hall–Kier alpha value is -1.71. The van der Waals surface area contributed by atoms with Crippen LogP contribution in [0.15, 0.2) is 18.2 Å². The number of benzene rings is 1. The fraction of sp³-hybridized carbons (Fsp3) is 0.533. The van der Waals surface area contributed by atoms with E-state index in [4.69, 9.17) is 11.5 Å². The van der Waals surface area contributed by atoms with Gasteiger partial charge in [0.05, 0.1) is 5.56 Å². The van der Waals surface area contributed by atoms with E-state index in [1.54, 1.807) is 12.1 Å². The monoisotopic (exact) mass is 263 g/mol. The van der Waals surface area contributed by atoms with Crippen molar-refractivity contribution >= 4 is 17.3 Å². The van der Waals surface area contributed by atoms with Crippen LogP contribution in [0.4, 0.5) is 11.4 Å². The molecule has 0 atom stereocenters. The lowest BCUT2D eigenvalue weighted by atomic mass is 10.1. The predicted octanol–water partition coefficient (Wildman–Crippen LogP) is 3.14.